The Bertz CT molecular complexity index is 464. The third kappa shape index (κ3) is 2.89. The summed E-state index contributed by atoms with van der Waals surface area (Å²) in [6.45, 7) is 1.88. The Hall–Kier alpha value is -1.72. The van der Waals surface area contributed by atoms with Gasteiger partial charge >= 0.3 is 0 Å². The summed E-state index contributed by atoms with van der Waals surface area (Å²) >= 11 is 0. The molecule has 5 nitrogen and oxygen atoms in total. The number of nitrogens with two attached hydrogens (primary N) is 1. The molecule has 2 N–H and O–H groups in total. The molecule has 2 rings (SSSR count). The molecule has 2 aromatic rings. The zero-order chi connectivity index (χ0) is 12.1. The van der Waals surface area contributed by atoms with E-state index in [0.717, 1.165) is 16.8 Å². The van der Waals surface area contributed by atoms with E-state index in [1.807, 2.05) is 30.5 Å². The van der Waals surface area contributed by atoms with E-state index < -0.39 is 0 Å². The molecular weight excluding hydrogens is 216 g/mol. The Balaban J connectivity index is 2.15. The SMILES string of the molecule is COCc1ccc(-c2cn(CCN)nn2)cc1. The minimum Gasteiger partial charge on any atom is -0.380 e. The molecule has 1 aromatic heterocycles. The van der Waals surface area contributed by atoms with E-state index in [1.54, 1.807) is 11.8 Å². The van der Waals surface area contributed by atoms with Crippen molar-refractivity contribution in [3.8, 4) is 11.3 Å². The second-order valence-corrected chi connectivity index (χ2v) is 3.79. The number of benzene rings is 1. The van der Waals surface area contributed by atoms with Crippen LogP contribution in [0, 0.1) is 0 Å². The minimum atomic E-state index is 0.565. The first-order valence-electron chi connectivity index (χ1n) is 5.52. The van der Waals surface area contributed by atoms with Gasteiger partial charge in [-0.3, -0.25) is 4.68 Å². The Kier molecular flexibility index (Phi) is 3.85. The molecule has 0 aliphatic heterocycles. The predicted octanol–water partition coefficient (Wildman–Crippen LogP) is 1.05. The zero-order valence-electron chi connectivity index (χ0n) is 9.84. The largest absolute Gasteiger partial charge is 0.380 e. The second-order valence-electron chi connectivity index (χ2n) is 3.79. The Morgan fingerprint density at radius 2 is 2.06 bits per heavy atom. The van der Waals surface area contributed by atoms with Crippen LogP contribution in [0.3, 0.4) is 0 Å². The highest BCUT2D eigenvalue weighted by Gasteiger charge is 2.03. The van der Waals surface area contributed by atoms with Crippen molar-refractivity contribution in [1.82, 2.24) is 15.0 Å². The summed E-state index contributed by atoms with van der Waals surface area (Å²) in [5.74, 6) is 0. The van der Waals surface area contributed by atoms with E-state index in [2.05, 4.69) is 10.3 Å². The standard InChI is InChI=1S/C12H16N4O/c1-17-9-10-2-4-11(5-3-10)12-8-16(7-6-13)15-14-12/h2-5,8H,6-7,9,13H2,1H3. The molecule has 0 aliphatic carbocycles. The number of nitrogens with zero attached hydrogens (tertiary/aromatic N) is 3. The highest BCUT2D eigenvalue weighted by Crippen LogP contribution is 2.16. The summed E-state index contributed by atoms with van der Waals surface area (Å²) < 4.78 is 6.81. The Morgan fingerprint density at radius 1 is 1.29 bits per heavy atom. The van der Waals surface area contributed by atoms with Crippen molar-refractivity contribution in [3.63, 3.8) is 0 Å². The van der Waals surface area contributed by atoms with Gasteiger partial charge in [-0.2, -0.15) is 0 Å². The zero-order valence-corrected chi connectivity index (χ0v) is 9.84. The number of aromatic nitrogens is 3. The normalized spacial score (nSPS) is 10.7. The second kappa shape index (κ2) is 5.56. The van der Waals surface area contributed by atoms with Crippen LogP contribution < -0.4 is 5.73 Å². The number of ether oxygens (including phenoxy) is 1. The van der Waals surface area contributed by atoms with Gasteiger partial charge in [0.05, 0.1) is 19.3 Å². The number of hydrogen-bond acceptors (Lipinski definition) is 4. The molecule has 1 aromatic carbocycles. The predicted molar refractivity (Wildman–Crippen MR) is 65.2 cm³/mol. The third-order valence-electron chi connectivity index (χ3n) is 2.46. The maximum atomic E-state index is 5.46. The average Bonchev–Trinajstić information content (AvgIpc) is 2.80. The Labute approximate surface area is 100 Å². The highest BCUT2D eigenvalue weighted by atomic mass is 16.5. The maximum Gasteiger partial charge on any atom is 0.113 e. The van der Waals surface area contributed by atoms with Crippen LogP contribution in [-0.4, -0.2) is 28.6 Å². The summed E-state index contributed by atoms with van der Waals surface area (Å²) in [6, 6.07) is 8.10. The molecule has 0 amide bonds. The van der Waals surface area contributed by atoms with Crippen LogP contribution in [0.4, 0.5) is 0 Å². The van der Waals surface area contributed by atoms with Crippen molar-refractivity contribution in [2.24, 2.45) is 5.73 Å². The first-order valence-corrected chi connectivity index (χ1v) is 5.52. The summed E-state index contributed by atoms with van der Waals surface area (Å²) in [5, 5.41) is 8.11. The van der Waals surface area contributed by atoms with E-state index >= 15 is 0 Å². The van der Waals surface area contributed by atoms with Crippen molar-refractivity contribution in [2.45, 2.75) is 13.2 Å². The molecule has 0 aliphatic rings. The molecule has 0 atom stereocenters. The lowest BCUT2D eigenvalue weighted by Gasteiger charge is -2.00. The molecule has 90 valence electrons. The topological polar surface area (TPSA) is 66.0 Å². The van der Waals surface area contributed by atoms with Gasteiger partial charge in [-0.1, -0.05) is 29.5 Å². The van der Waals surface area contributed by atoms with Gasteiger partial charge in [0.15, 0.2) is 0 Å². The van der Waals surface area contributed by atoms with Gasteiger partial charge in [0.25, 0.3) is 0 Å². The minimum absolute atomic E-state index is 0.565. The van der Waals surface area contributed by atoms with Crippen LogP contribution >= 0.6 is 0 Å². The van der Waals surface area contributed by atoms with E-state index in [0.29, 0.717) is 19.7 Å². The van der Waals surface area contributed by atoms with Crippen LogP contribution in [0.2, 0.25) is 0 Å². The van der Waals surface area contributed by atoms with Crippen molar-refractivity contribution in [1.29, 1.82) is 0 Å². The maximum absolute atomic E-state index is 5.46. The lowest BCUT2D eigenvalue weighted by Crippen LogP contribution is -2.10. The lowest BCUT2D eigenvalue weighted by atomic mass is 10.1. The van der Waals surface area contributed by atoms with E-state index in [9.17, 15) is 0 Å². The molecule has 1 heterocycles. The molecule has 0 bridgehead atoms. The Morgan fingerprint density at radius 3 is 2.71 bits per heavy atom. The third-order valence-corrected chi connectivity index (χ3v) is 2.46. The van der Waals surface area contributed by atoms with Gasteiger partial charge in [0.1, 0.15) is 5.69 Å². The molecule has 0 saturated carbocycles. The quantitative estimate of drug-likeness (QED) is 0.836. The van der Waals surface area contributed by atoms with Crippen molar-refractivity contribution < 1.29 is 4.74 Å². The number of methoxy groups -OCH3 is 1. The van der Waals surface area contributed by atoms with Crippen LogP contribution in [-0.2, 0) is 17.9 Å². The monoisotopic (exact) mass is 232 g/mol. The fourth-order valence-electron chi connectivity index (χ4n) is 1.61. The van der Waals surface area contributed by atoms with Gasteiger partial charge in [-0.25, -0.2) is 0 Å². The van der Waals surface area contributed by atoms with Crippen LogP contribution in [0.15, 0.2) is 30.5 Å². The van der Waals surface area contributed by atoms with E-state index in [4.69, 9.17) is 10.5 Å². The average molecular weight is 232 g/mol. The smallest absolute Gasteiger partial charge is 0.113 e. The molecule has 0 fully saturated rings. The van der Waals surface area contributed by atoms with Crippen LogP contribution in [0.25, 0.3) is 11.3 Å². The molecule has 5 heteroatoms. The highest BCUT2D eigenvalue weighted by molar-refractivity contribution is 5.57. The van der Waals surface area contributed by atoms with Crippen molar-refractivity contribution >= 4 is 0 Å². The number of hydrogen-bond donors (Lipinski definition) is 1. The molecule has 0 spiro atoms. The fraction of sp³-hybridized carbons (Fsp3) is 0.333. The number of rotatable bonds is 5. The van der Waals surface area contributed by atoms with Crippen LogP contribution in [0.5, 0.6) is 0 Å². The first-order chi connectivity index (χ1) is 8.33. The van der Waals surface area contributed by atoms with E-state index in [1.165, 1.54) is 0 Å². The summed E-state index contributed by atoms with van der Waals surface area (Å²) in [6.07, 6.45) is 1.90. The summed E-state index contributed by atoms with van der Waals surface area (Å²) in [4.78, 5) is 0. The first kappa shape index (κ1) is 11.8. The lowest BCUT2D eigenvalue weighted by molar-refractivity contribution is 0.185. The molecule has 17 heavy (non-hydrogen) atoms. The molecular formula is C12H16N4O. The van der Waals surface area contributed by atoms with Crippen molar-refractivity contribution in [2.75, 3.05) is 13.7 Å². The van der Waals surface area contributed by atoms with Crippen molar-refractivity contribution in [3.05, 3.63) is 36.0 Å². The summed E-state index contributed by atoms with van der Waals surface area (Å²) in [5.41, 5.74) is 8.52. The van der Waals surface area contributed by atoms with Gasteiger partial charge in [0, 0.05) is 19.2 Å². The molecule has 0 saturated heterocycles. The van der Waals surface area contributed by atoms with Gasteiger partial charge in [-0.15, -0.1) is 5.10 Å². The van der Waals surface area contributed by atoms with Gasteiger partial charge in [-0.05, 0) is 5.56 Å². The summed E-state index contributed by atoms with van der Waals surface area (Å²) in [7, 11) is 1.69. The molecule has 0 unspecified atom stereocenters. The fourth-order valence-corrected chi connectivity index (χ4v) is 1.61. The molecule has 0 radical (unpaired) electrons. The van der Waals surface area contributed by atoms with E-state index in [-0.39, 0.29) is 0 Å². The van der Waals surface area contributed by atoms with Gasteiger partial charge < -0.3 is 10.5 Å². The van der Waals surface area contributed by atoms with Gasteiger partial charge in [0.2, 0.25) is 0 Å². The van der Waals surface area contributed by atoms with Crippen LogP contribution in [0.1, 0.15) is 5.56 Å².